The van der Waals surface area contributed by atoms with Crippen molar-refractivity contribution in [2.75, 3.05) is 19.6 Å². The predicted molar refractivity (Wildman–Crippen MR) is 94.7 cm³/mol. The summed E-state index contributed by atoms with van der Waals surface area (Å²) in [5.74, 6) is 0.982. The Morgan fingerprint density at radius 2 is 2.17 bits per heavy atom. The van der Waals surface area contributed by atoms with E-state index >= 15 is 0 Å². The lowest BCUT2D eigenvalue weighted by Gasteiger charge is -2.18. The number of hydrogen-bond acceptors (Lipinski definition) is 2. The molecule has 0 spiro atoms. The van der Waals surface area contributed by atoms with Gasteiger partial charge in [-0.2, -0.15) is 0 Å². The molecule has 2 N–H and O–H groups in total. The molecule has 1 heterocycles. The number of likely N-dealkylation sites (tertiary alicyclic amines) is 1. The van der Waals surface area contributed by atoms with Crippen molar-refractivity contribution in [3.63, 3.8) is 0 Å². The molecule has 1 unspecified atom stereocenters. The van der Waals surface area contributed by atoms with Crippen LogP contribution in [0.15, 0.2) is 29.3 Å². The lowest BCUT2D eigenvalue weighted by Crippen LogP contribution is -2.45. The fraction of sp³-hybridized carbons (Fsp3) is 0.529. The monoisotopic (exact) mass is 336 g/mol. The van der Waals surface area contributed by atoms with Gasteiger partial charge >= 0.3 is 0 Å². The Balaban J connectivity index is 1.95. The lowest BCUT2D eigenvalue weighted by molar-refractivity contribution is -0.129. The molecule has 1 saturated heterocycles. The van der Waals surface area contributed by atoms with Crippen molar-refractivity contribution in [3.8, 4) is 0 Å². The molecule has 1 atom stereocenters. The van der Waals surface area contributed by atoms with Gasteiger partial charge in [0.15, 0.2) is 5.96 Å². The van der Waals surface area contributed by atoms with Crippen LogP contribution in [0.3, 0.4) is 0 Å². The Hall–Kier alpha value is -1.75. The normalized spacial score (nSPS) is 18.1. The number of carbonyl (C=O) groups is 1. The van der Waals surface area contributed by atoms with E-state index in [2.05, 4.69) is 15.6 Å². The minimum absolute atomic E-state index is 0.215. The molecule has 1 aliphatic rings. The Kier molecular flexibility index (Phi) is 6.71. The standard InChI is InChI=1S/C17H25ClN4O/c1-3-16(23)22-10-9-14(12-22)21-17(19-4-2)20-11-13-7-5-6-8-15(13)18/h5-8,14H,3-4,9-12H2,1-2H3,(H2,19,20,21). The van der Waals surface area contributed by atoms with Crippen LogP contribution in [0.2, 0.25) is 5.02 Å². The molecular weight excluding hydrogens is 312 g/mol. The van der Waals surface area contributed by atoms with Gasteiger partial charge in [-0.05, 0) is 25.0 Å². The van der Waals surface area contributed by atoms with E-state index in [4.69, 9.17) is 11.6 Å². The average Bonchev–Trinajstić information content (AvgIpc) is 3.02. The Labute approximate surface area is 143 Å². The Morgan fingerprint density at radius 1 is 1.39 bits per heavy atom. The van der Waals surface area contributed by atoms with E-state index < -0.39 is 0 Å². The highest BCUT2D eigenvalue weighted by Gasteiger charge is 2.25. The van der Waals surface area contributed by atoms with E-state index in [0.29, 0.717) is 13.0 Å². The summed E-state index contributed by atoms with van der Waals surface area (Å²) in [5, 5.41) is 7.40. The summed E-state index contributed by atoms with van der Waals surface area (Å²) in [5.41, 5.74) is 1.00. The minimum atomic E-state index is 0.215. The molecule has 2 rings (SSSR count). The molecule has 0 bridgehead atoms. The first-order chi connectivity index (χ1) is 11.1. The minimum Gasteiger partial charge on any atom is -0.357 e. The van der Waals surface area contributed by atoms with Crippen molar-refractivity contribution in [3.05, 3.63) is 34.9 Å². The van der Waals surface area contributed by atoms with Gasteiger partial charge in [0, 0.05) is 37.1 Å². The molecule has 1 fully saturated rings. The van der Waals surface area contributed by atoms with Gasteiger partial charge in [-0.1, -0.05) is 36.7 Å². The van der Waals surface area contributed by atoms with E-state index in [0.717, 1.165) is 42.6 Å². The fourth-order valence-corrected chi connectivity index (χ4v) is 2.83. The van der Waals surface area contributed by atoms with Gasteiger partial charge in [-0.15, -0.1) is 0 Å². The second kappa shape index (κ2) is 8.77. The molecule has 23 heavy (non-hydrogen) atoms. The van der Waals surface area contributed by atoms with Crippen LogP contribution in [-0.2, 0) is 11.3 Å². The van der Waals surface area contributed by atoms with Crippen LogP contribution in [0.1, 0.15) is 32.3 Å². The molecular formula is C17H25ClN4O. The molecule has 126 valence electrons. The van der Waals surface area contributed by atoms with E-state index in [1.165, 1.54) is 0 Å². The number of nitrogens with zero attached hydrogens (tertiary/aromatic N) is 2. The molecule has 1 aliphatic heterocycles. The van der Waals surface area contributed by atoms with Crippen molar-refractivity contribution in [1.29, 1.82) is 0 Å². The van der Waals surface area contributed by atoms with Gasteiger partial charge in [0.2, 0.25) is 5.91 Å². The van der Waals surface area contributed by atoms with Gasteiger partial charge in [0.1, 0.15) is 0 Å². The third kappa shape index (κ3) is 5.13. The van der Waals surface area contributed by atoms with Crippen LogP contribution in [0, 0.1) is 0 Å². The topological polar surface area (TPSA) is 56.7 Å². The zero-order valence-corrected chi connectivity index (χ0v) is 14.6. The van der Waals surface area contributed by atoms with Gasteiger partial charge in [-0.25, -0.2) is 4.99 Å². The number of carbonyl (C=O) groups excluding carboxylic acids is 1. The van der Waals surface area contributed by atoms with Gasteiger partial charge in [-0.3, -0.25) is 4.79 Å². The SMILES string of the molecule is CCNC(=NCc1ccccc1Cl)NC1CCN(C(=O)CC)C1. The molecule has 1 aromatic carbocycles. The third-order valence-corrected chi connectivity index (χ3v) is 4.26. The van der Waals surface area contributed by atoms with Crippen molar-refractivity contribution < 1.29 is 4.79 Å². The molecule has 1 amide bonds. The Morgan fingerprint density at radius 3 is 2.87 bits per heavy atom. The second-order valence-corrected chi connectivity index (χ2v) is 6.02. The van der Waals surface area contributed by atoms with E-state index in [9.17, 15) is 4.79 Å². The van der Waals surface area contributed by atoms with Crippen molar-refractivity contribution >= 4 is 23.5 Å². The van der Waals surface area contributed by atoms with Gasteiger partial charge < -0.3 is 15.5 Å². The first kappa shape index (κ1) is 17.6. The summed E-state index contributed by atoms with van der Waals surface area (Å²) in [7, 11) is 0. The maximum absolute atomic E-state index is 11.8. The van der Waals surface area contributed by atoms with Crippen LogP contribution in [-0.4, -0.2) is 42.4 Å². The summed E-state index contributed by atoms with van der Waals surface area (Å²) in [6, 6.07) is 7.97. The maximum atomic E-state index is 11.8. The summed E-state index contributed by atoms with van der Waals surface area (Å²) < 4.78 is 0. The third-order valence-electron chi connectivity index (χ3n) is 3.89. The molecule has 0 aliphatic carbocycles. The quantitative estimate of drug-likeness (QED) is 0.641. The molecule has 0 aromatic heterocycles. The average molecular weight is 337 g/mol. The molecule has 0 radical (unpaired) electrons. The fourth-order valence-electron chi connectivity index (χ4n) is 2.63. The molecule has 5 nitrogen and oxygen atoms in total. The smallest absolute Gasteiger partial charge is 0.222 e. The summed E-state index contributed by atoms with van der Waals surface area (Å²) in [6.45, 7) is 6.81. The van der Waals surface area contributed by atoms with Crippen molar-refractivity contribution in [2.45, 2.75) is 39.3 Å². The number of aliphatic imine (C=N–C) groups is 1. The highest BCUT2D eigenvalue weighted by atomic mass is 35.5. The number of benzene rings is 1. The highest BCUT2D eigenvalue weighted by molar-refractivity contribution is 6.31. The highest BCUT2D eigenvalue weighted by Crippen LogP contribution is 2.16. The van der Waals surface area contributed by atoms with E-state index in [1.807, 2.05) is 43.0 Å². The maximum Gasteiger partial charge on any atom is 0.222 e. The van der Waals surface area contributed by atoms with Crippen LogP contribution in [0.4, 0.5) is 0 Å². The number of rotatable bonds is 5. The number of hydrogen-bond donors (Lipinski definition) is 2. The van der Waals surface area contributed by atoms with Crippen LogP contribution < -0.4 is 10.6 Å². The predicted octanol–water partition coefficient (Wildman–Crippen LogP) is 2.41. The van der Waals surface area contributed by atoms with Crippen LogP contribution >= 0.6 is 11.6 Å². The number of amides is 1. The second-order valence-electron chi connectivity index (χ2n) is 5.61. The molecule has 6 heteroatoms. The Bertz CT molecular complexity index is 561. The first-order valence-electron chi connectivity index (χ1n) is 8.20. The summed E-state index contributed by atoms with van der Waals surface area (Å²) >= 11 is 6.17. The molecule has 0 saturated carbocycles. The lowest BCUT2D eigenvalue weighted by atomic mass is 10.2. The van der Waals surface area contributed by atoms with Crippen LogP contribution in [0.5, 0.6) is 0 Å². The zero-order chi connectivity index (χ0) is 16.7. The number of halogens is 1. The van der Waals surface area contributed by atoms with E-state index in [1.54, 1.807) is 0 Å². The summed E-state index contributed by atoms with van der Waals surface area (Å²) in [4.78, 5) is 18.3. The summed E-state index contributed by atoms with van der Waals surface area (Å²) in [6.07, 6.45) is 1.51. The van der Waals surface area contributed by atoms with Gasteiger partial charge in [0.05, 0.1) is 6.54 Å². The number of nitrogens with one attached hydrogen (secondary N) is 2. The van der Waals surface area contributed by atoms with E-state index in [-0.39, 0.29) is 11.9 Å². The van der Waals surface area contributed by atoms with Crippen molar-refractivity contribution in [2.24, 2.45) is 4.99 Å². The van der Waals surface area contributed by atoms with Crippen LogP contribution in [0.25, 0.3) is 0 Å². The molecule has 1 aromatic rings. The van der Waals surface area contributed by atoms with Gasteiger partial charge in [0.25, 0.3) is 0 Å². The largest absolute Gasteiger partial charge is 0.357 e. The number of guanidine groups is 1. The van der Waals surface area contributed by atoms with Crippen molar-refractivity contribution in [1.82, 2.24) is 15.5 Å². The first-order valence-corrected chi connectivity index (χ1v) is 8.57. The zero-order valence-electron chi connectivity index (χ0n) is 13.8.